The Bertz CT molecular complexity index is 1760. The summed E-state index contributed by atoms with van der Waals surface area (Å²) in [5.74, 6) is 1.29. The second-order valence-corrected chi connectivity index (χ2v) is 12.8. The molecule has 204 valence electrons. The highest BCUT2D eigenvalue weighted by Crippen LogP contribution is 2.40. The number of hydrogen-bond donors (Lipinski definition) is 0. The first-order chi connectivity index (χ1) is 19.7. The van der Waals surface area contributed by atoms with E-state index < -0.39 is 6.85 Å². The van der Waals surface area contributed by atoms with Crippen LogP contribution in [0.1, 0.15) is 99.4 Å². The van der Waals surface area contributed by atoms with Crippen LogP contribution < -0.4 is 4.40 Å². The number of benzene rings is 3. The second-order valence-electron chi connectivity index (χ2n) is 12.8. The standard InChI is InChI=1S/C37H47N2/c1-22(2)20-28-15-12-16-29(21-23(3)4)34(28)36-27(10)38(25(7)8)37-35-30(24(5)6)17-13-18-31(35)33-26(9)14-11-19-32(33)39(36)37/h11-19,22-25H,20-21H2,1-10H3/q+1/i9D3. The molecule has 0 aliphatic carbocycles. The van der Waals surface area contributed by atoms with E-state index in [2.05, 4.69) is 114 Å². The topological polar surface area (TPSA) is 9.03 Å². The number of nitrogens with zero attached hydrogens (tertiary/aromatic N) is 2. The summed E-state index contributed by atoms with van der Waals surface area (Å²) in [7, 11) is 0. The molecule has 3 aromatic carbocycles. The number of aryl methyl sites for hydroxylation is 1. The number of imidazole rings is 1. The van der Waals surface area contributed by atoms with Crippen LogP contribution in [0.2, 0.25) is 0 Å². The fourth-order valence-corrected chi connectivity index (χ4v) is 6.74. The third-order valence-electron chi connectivity index (χ3n) is 8.11. The lowest BCUT2D eigenvalue weighted by Gasteiger charge is -2.17. The van der Waals surface area contributed by atoms with Crippen molar-refractivity contribution in [1.29, 1.82) is 0 Å². The maximum Gasteiger partial charge on any atom is 0.295 e. The molecule has 5 rings (SSSR count). The van der Waals surface area contributed by atoms with E-state index in [-0.39, 0.29) is 12.0 Å². The zero-order chi connectivity index (χ0) is 30.7. The van der Waals surface area contributed by atoms with Crippen molar-refractivity contribution in [3.63, 3.8) is 0 Å². The summed E-state index contributed by atoms with van der Waals surface area (Å²) >= 11 is 0. The van der Waals surface area contributed by atoms with Crippen LogP contribution in [-0.2, 0) is 12.8 Å². The number of rotatable bonds is 7. The number of aromatic nitrogens is 2. The molecule has 39 heavy (non-hydrogen) atoms. The quantitative estimate of drug-likeness (QED) is 0.149. The van der Waals surface area contributed by atoms with E-state index in [1.165, 1.54) is 33.6 Å². The van der Waals surface area contributed by atoms with Gasteiger partial charge in [0.05, 0.1) is 11.4 Å². The highest BCUT2D eigenvalue weighted by molar-refractivity contribution is 6.12. The van der Waals surface area contributed by atoms with Gasteiger partial charge in [-0.3, -0.25) is 0 Å². The Hall–Kier alpha value is -3.13. The SMILES string of the molecule is [2H]C([2H])([2H])c1cccc2c1c1cccc(C(C)C)c1c1n(C(C)C)c(C)c(-c3c(CC(C)C)cccc3CC(C)C)[n+]21. The fraction of sp³-hybridized carbons (Fsp3) is 0.432. The highest BCUT2D eigenvalue weighted by Gasteiger charge is 2.33. The molecule has 0 radical (unpaired) electrons. The van der Waals surface area contributed by atoms with Gasteiger partial charge in [-0.05, 0) is 79.6 Å². The van der Waals surface area contributed by atoms with Crippen molar-refractivity contribution < 1.29 is 8.51 Å². The highest BCUT2D eigenvalue weighted by atomic mass is 15.2. The van der Waals surface area contributed by atoms with Crippen molar-refractivity contribution in [3.05, 3.63) is 82.5 Å². The monoisotopic (exact) mass is 522 g/mol. The van der Waals surface area contributed by atoms with Crippen molar-refractivity contribution in [2.75, 3.05) is 0 Å². The van der Waals surface area contributed by atoms with Crippen LogP contribution in [0.25, 0.3) is 38.6 Å². The predicted molar refractivity (Wildman–Crippen MR) is 169 cm³/mol. The first-order valence-electron chi connectivity index (χ1n) is 16.3. The van der Waals surface area contributed by atoms with Gasteiger partial charge >= 0.3 is 0 Å². The number of hydrogen-bond acceptors (Lipinski definition) is 0. The maximum atomic E-state index is 8.55. The Morgan fingerprint density at radius 3 is 1.95 bits per heavy atom. The first kappa shape index (κ1) is 23.7. The lowest BCUT2D eigenvalue weighted by Crippen LogP contribution is -2.26. The first-order valence-corrected chi connectivity index (χ1v) is 14.8. The van der Waals surface area contributed by atoms with Gasteiger partial charge in [0.15, 0.2) is 5.69 Å². The molecule has 0 aliphatic rings. The van der Waals surface area contributed by atoms with Crippen molar-refractivity contribution in [1.82, 2.24) is 4.57 Å². The van der Waals surface area contributed by atoms with E-state index in [1.54, 1.807) is 6.07 Å². The molecule has 0 unspecified atom stereocenters. The molecular formula is C37H47N2+. The largest absolute Gasteiger partial charge is 0.295 e. The van der Waals surface area contributed by atoms with Gasteiger partial charge < -0.3 is 0 Å². The molecule has 0 spiro atoms. The average Bonchev–Trinajstić information content (AvgIpc) is 3.19. The molecule has 2 aromatic heterocycles. The summed E-state index contributed by atoms with van der Waals surface area (Å²) in [5, 5.41) is 3.01. The molecule has 2 nitrogen and oxygen atoms in total. The molecule has 0 bridgehead atoms. The smallest absolute Gasteiger partial charge is 0.224 e. The maximum absolute atomic E-state index is 8.55. The van der Waals surface area contributed by atoms with Gasteiger partial charge in [-0.1, -0.05) is 90.1 Å². The number of fused-ring (bicyclic) bond motifs is 6. The van der Waals surface area contributed by atoms with Gasteiger partial charge in [0.25, 0.3) is 5.65 Å². The fourth-order valence-electron chi connectivity index (χ4n) is 6.74. The summed E-state index contributed by atoms with van der Waals surface area (Å²) in [6, 6.07) is 19.3. The minimum atomic E-state index is -2.23. The molecule has 0 aliphatic heterocycles. The molecule has 0 saturated heterocycles. The molecular weight excluding hydrogens is 472 g/mol. The third-order valence-corrected chi connectivity index (χ3v) is 8.11. The zero-order valence-electron chi connectivity index (χ0n) is 28.3. The second kappa shape index (κ2) is 10.5. The minimum Gasteiger partial charge on any atom is -0.224 e. The van der Waals surface area contributed by atoms with Crippen LogP contribution >= 0.6 is 0 Å². The van der Waals surface area contributed by atoms with Crippen LogP contribution in [-0.4, -0.2) is 4.57 Å². The van der Waals surface area contributed by atoms with Crippen LogP contribution in [0.3, 0.4) is 0 Å². The molecule has 0 atom stereocenters. The molecule has 0 saturated carbocycles. The summed E-state index contributed by atoms with van der Waals surface area (Å²) < 4.78 is 30.6. The average molecular weight is 523 g/mol. The van der Waals surface area contributed by atoms with Crippen molar-refractivity contribution in [3.8, 4) is 11.3 Å². The molecule has 5 aromatic rings. The summed E-state index contributed by atoms with van der Waals surface area (Å²) in [5.41, 5.74) is 10.2. The van der Waals surface area contributed by atoms with Crippen molar-refractivity contribution in [2.45, 2.75) is 94.0 Å². The predicted octanol–water partition coefficient (Wildman–Crippen LogP) is 9.92. The van der Waals surface area contributed by atoms with Crippen LogP contribution in [0.4, 0.5) is 0 Å². The Labute approximate surface area is 239 Å². The molecule has 0 fully saturated rings. The van der Waals surface area contributed by atoms with E-state index in [0.717, 1.165) is 40.2 Å². The third kappa shape index (κ3) is 4.56. The Morgan fingerprint density at radius 2 is 1.38 bits per heavy atom. The zero-order valence-corrected chi connectivity index (χ0v) is 25.3. The van der Waals surface area contributed by atoms with Gasteiger partial charge in [0.2, 0.25) is 0 Å². The van der Waals surface area contributed by atoms with E-state index >= 15 is 0 Å². The van der Waals surface area contributed by atoms with Gasteiger partial charge in [0.1, 0.15) is 11.2 Å². The van der Waals surface area contributed by atoms with Gasteiger partial charge in [-0.25, -0.2) is 4.57 Å². The van der Waals surface area contributed by atoms with Gasteiger partial charge in [0, 0.05) is 27.4 Å². The van der Waals surface area contributed by atoms with Gasteiger partial charge in [-0.15, -0.1) is 0 Å². The lowest BCUT2D eigenvalue weighted by molar-refractivity contribution is -0.467. The van der Waals surface area contributed by atoms with E-state index in [0.29, 0.717) is 17.4 Å². The molecule has 0 N–H and O–H groups in total. The number of pyridine rings is 1. The minimum absolute atomic E-state index is 0.214. The van der Waals surface area contributed by atoms with E-state index in [1.807, 2.05) is 6.07 Å². The molecule has 2 heteroatoms. The van der Waals surface area contributed by atoms with Crippen LogP contribution in [0.5, 0.6) is 0 Å². The molecule has 0 amide bonds. The van der Waals surface area contributed by atoms with Crippen LogP contribution in [0.15, 0.2) is 54.6 Å². The van der Waals surface area contributed by atoms with Crippen molar-refractivity contribution in [2.24, 2.45) is 11.8 Å². The van der Waals surface area contributed by atoms with E-state index in [9.17, 15) is 0 Å². The van der Waals surface area contributed by atoms with Crippen molar-refractivity contribution >= 4 is 27.3 Å². The Morgan fingerprint density at radius 1 is 0.769 bits per heavy atom. The van der Waals surface area contributed by atoms with Crippen LogP contribution in [0, 0.1) is 25.6 Å². The van der Waals surface area contributed by atoms with Gasteiger partial charge in [-0.2, -0.15) is 4.40 Å². The Balaban J connectivity index is 2.16. The lowest BCUT2D eigenvalue weighted by atomic mass is 9.88. The summed E-state index contributed by atoms with van der Waals surface area (Å²) in [4.78, 5) is 0. The molecule has 2 heterocycles. The van der Waals surface area contributed by atoms with E-state index in [4.69, 9.17) is 4.11 Å². The summed E-state index contributed by atoms with van der Waals surface area (Å²) in [6.07, 6.45) is 1.97. The normalized spacial score (nSPS) is 13.9. The Kier molecular flexibility index (Phi) is 6.36. The summed E-state index contributed by atoms with van der Waals surface area (Å²) in [6.45, 7) is 18.2.